The Morgan fingerprint density at radius 1 is 1.03 bits per heavy atom. The third kappa shape index (κ3) is 5.37. The minimum Gasteiger partial charge on any atom is -0.336 e. The average Bonchev–Trinajstić information content (AvgIpc) is 2.82. The van der Waals surface area contributed by atoms with E-state index in [2.05, 4.69) is 25.8 Å². The van der Waals surface area contributed by atoms with Crippen molar-refractivity contribution >= 4 is 57.5 Å². The fraction of sp³-hybridized carbons (Fsp3) is 0.250. The van der Waals surface area contributed by atoms with Crippen LogP contribution in [0.5, 0.6) is 0 Å². The van der Waals surface area contributed by atoms with Crippen molar-refractivity contribution in [2.75, 3.05) is 24.9 Å². The quantitative estimate of drug-likeness (QED) is 0.383. The molecule has 0 bridgehead atoms. The van der Waals surface area contributed by atoms with Gasteiger partial charge in [0.25, 0.3) is 0 Å². The molecular weight excluding hydrogens is 508 g/mol. The molecule has 0 amide bonds. The van der Waals surface area contributed by atoms with Crippen molar-refractivity contribution in [3.05, 3.63) is 53.4 Å². The van der Waals surface area contributed by atoms with Gasteiger partial charge in [-0.15, -0.1) is 10.2 Å². The van der Waals surface area contributed by atoms with Crippen molar-refractivity contribution in [2.24, 2.45) is 0 Å². The molecule has 3 rings (SSSR count). The Bertz CT molecular complexity index is 1350. The molecule has 0 saturated carbocycles. The van der Waals surface area contributed by atoms with Gasteiger partial charge in [-0.25, -0.2) is 12.8 Å². The van der Waals surface area contributed by atoms with Crippen LogP contribution in [0.25, 0.3) is 0 Å². The molecule has 0 saturated heterocycles. The molecule has 34 heavy (non-hydrogen) atoms. The summed E-state index contributed by atoms with van der Waals surface area (Å²) in [5.74, 6) is -0.886. The van der Waals surface area contributed by atoms with Gasteiger partial charge in [0.1, 0.15) is 5.82 Å². The van der Waals surface area contributed by atoms with Crippen molar-refractivity contribution in [2.45, 2.75) is 24.0 Å². The first-order chi connectivity index (χ1) is 16.0. The number of para-hydroxylation sites is 1. The maximum atomic E-state index is 14.6. The summed E-state index contributed by atoms with van der Waals surface area (Å²) in [5, 5.41) is 12.3. The molecule has 10 nitrogen and oxygen atoms in total. The Morgan fingerprint density at radius 3 is 2.32 bits per heavy atom. The van der Waals surface area contributed by atoms with E-state index in [4.69, 9.17) is 20.6 Å². The SMILES string of the molecule is COP(=O)(OC)c1ccc(Nc2nnc(Cl)c(Nc3ccccc3S(=O)(=O)C(C)C)n2)c(F)c1. The van der Waals surface area contributed by atoms with Crippen LogP contribution in [0.3, 0.4) is 0 Å². The molecule has 182 valence electrons. The van der Waals surface area contributed by atoms with Crippen molar-refractivity contribution in [1.29, 1.82) is 0 Å². The molecule has 14 heteroatoms. The largest absolute Gasteiger partial charge is 0.360 e. The van der Waals surface area contributed by atoms with E-state index in [0.717, 1.165) is 6.07 Å². The van der Waals surface area contributed by atoms with Gasteiger partial charge >= 0.3 is 7.60 Å². The number of aromatic nitrogens is 3. The molecule has 1 aromatic heterocycles. The molecular formula is C20H22ClFN5O5PS. The van der Waals surface area contributed by atoms with Crippen LogP contribution in [0.2, 0.25) is 5.15 Å². The molecule has 2 N–H and O–H groups in total. The molecule has 0 fully saturated rings. The Kier molecular flexibility index (Phi) is 7.89. The third-order valence-corrected chi connectivity index (χ3v) is 9.05. The smallest absolute Gasteiger partial charge is 0.336 e. The number of hydrogen-bond acceptors (Lipinski definition) is 10. The van der Waals surface area contributed by atoms with E-state index < -0.39 is 28.5 Å². The van der Waals surface area contributed by atoms with E-state index in [-0.39, 0.29) is 38.5 Å². The minimum atomic E-state index is -3.63. The normalized spacial score (nSPS) is 12.1. The van der Waals surface area contributed by atoms with Crippen LogP contribution in [-0.2, 0) is 23.4 Å². The Balaban J connectivity index is 1.92. The topological polar surface area (TPSA) is 132 Å². The van der Waals surface area contributed by atoms with Crippen LogP contribution in [0.4, 0.5) is 27.5 Å². The van der Waals surface area contributed by atoms with Crippen molar-refractivity contribution < 1.29 is 26.4 Å². The predicted molar refractivity (Wildman–Crippen MR) is 128 cm³/mol. The lowest BCUT2D eigenvalue weighted by Crippen LogP contribution is -2.16. The Morgan fingerprint density at radius 2 is 1.71 bits per heavy atom. The molecule has 0 radical (unpaired) electrons. The highest BCUT2D eigenvalue weighted by atomic mass is 35.5. The minimum absolute atomic E-state index is 0.00543. The van der Waals surface area contributed by atoms with Crippen LogP contribution in [0.15, 0.2) is 47.4 Å². The standard InChI is InChI=1S/C20H22ClFN5O5PS/c1-12(2)34(29,30)17-8-6-5-7-16(17)23-19-18(21)26-27-20(25-19)24-15-10-9-13(11-14(15)22)33(28,31-3)32-4/h5-12H,1-4H3,(H2,23,24,25,27). The van der Waals surface area contributed by atoms with Crippen molar-refractivity contribution in [1.82, 2.24) is 15.2 Å². The van der Waals surface area contributed by atoms with Crippen LogP contribution < -0.4 is 15.9 Å². The molecule has 2 aromatic carbocycles. The lowest BCUT2D eigenvalue weighted by atomic mass is 10.3. The van der Waals surface area contributed by atoms with Crippen LogP contribution >= 0.6 is 19.2 Å². The number of halogens is 2. The van der Waals surface area contributed by atoms with Crippen molar-refractivity contribution in [3.8, 4) is 0 Å². The zero-order valence-corrected chi connectivity index (χ0v) is 21.1. The monoisotopic (exact) mass is 529 g/mol. The summed E-state index contributed by atoms with van der Waals surface area (Å²) >= 11 is 6.10. The van der Waals surface area contributed by atoms with Gasteiger partial charge in [-0.1, -0.05) is 23.7 Å². The third-order valence-electron chi connectivity index (χ3n) is 4.71. The highest BCUT2D eigenvalue weighted by molar-refractivity contribution is 7.92. The Hall–Kier alpha value is -2.63. The van der Waals surface area contributed by atoms with E-state index in [1.165, 1.54) is 32.4 Å². The summed E-state index contributed by atoms with van der Waals surface area (Å²) in [7, 11) is -4.84. The van der Waals surface area contributed by atoms with Crippen molar-refractivity contribution in [3.63, 3.8) is 0 Å². The molecule has 0 unspecified atom stereocenters. The second-order valence-electron chi connectivity index (χ2n) is 7.14. The molecule has 0 atom stereocenters. The van der Waals surface area contributed by atoms with Crippen LogP contribution in [-0.4, -0.2) is 43.1 Å². The highest BCUT2D eigenvalue weighted by Crippen LogP contribution is 2.45. The second kappa shape index (κ2) is 10.3. The van der Waals surface area contributed by atoms with E-state index in [0.29, 0.717) is 0 Å². The zero-order chi connectivity index (χ0) is 25.1. The molecule has 0 aliphatic carbocycles. The van der Waals surface area contributed by atoms with Gasteiger partial charge < -0.3 is 19.7 Å². The first kappa shape index (κ1) is 26.0. The van der Waals surface area contributed by atoms with Gasteiger partial charge in [-0.05, 0) is 44.2 Å². The number of hydrogen-bond donors (Lipinski definition) is 2. The lowest BCUT2D eigenvalue weighted by molar-refractivity contribution is 0.287. The molecule has 0 spiro atoms. The van der Waals surface area contributed by atoms with E-state index >= 15 is 0 Å². The summed E-state index contributed by atoms with van der Waals surface area (Å²) in [6, 6.07) is 9.97. The maximum absolute atomic E-state index is 14.6. The van der Waals surface area contributed by atoms with Crippen LogP contribution in [0.1, 0.15) is 13.8 Å². The number of nitrogens with one attached hydrogen (secondary N) is 2. The predicted octanol–water partition coefficient (Wildman–Crippen LogP) is 4.44. The molecule has 1 heterocycles. The summed E-state index contributed by atoms with van der Waals surface area (Å²) in [5.41, 5.74) is 0.204. The van der Waals surface area contributed by atoms with Gasteiger partial charge in [0.2, 0.25) is 5.95 Å². The Labute approximate surface area is 201 Å². The van der Waals surface area contributed by atoms with Gasteiger partial charge in [0, 0.05) is 14.2 Å². The summed E-state index contributed by atoms with van der Waals surface area (Å²) < 4.78 is 62.2. The maximum Gasteiger partial charge on any atom is 0.360 e. The first-order valence-electron chi connectivity index (χ1n) is 9.80. The van der Waals surface area contributed by atoms with Crippen LogP contribution in [0, 0.1) is 5.82 Å². The summed E-state index contributed by atoms with van der Waals surface area (Å²) in [6.07, 6.45) is 0. The number of nitrogens with zero attached hydrogens (tertiary/aromatic N) is 3. The van der Waals surface area contributed by atoms with E-state index in [1.54, 1.807) is 32.0 Å². The molecule has 0 aliphatic heterocycles. The van der Waals surface area contributed by atoms with Gasteiger partial charge in [0.05, 0.1) is 26.8 Å². The fourth-order valence-electron chi connectivity index (χ4n) is 2.83. The summed E-state index contributed by atoms with van der Waals surface area (Å²) in [6.45, 7) is 3.15. The first-order valence-corrected chi connectivity index (χ1v) is 13.3. The van der Waals surface area contributed by atoms with E-state index in [1.807, 2.05) is 0 Å². The number of sulfone groups is 1. The highest BCUT2D eigenvalue weighted by Gasteiger charge is 2.26. The second-order valence-corrected chi connectivity index (χ2v) is 12.2. The molecule has 3 aromatic rings. The summed E-state index contributed by atoms with van der Waals surface area (Å²) in [4.78, 5) is 4.25. The van der Waals surface area contributed by atoms with E-state index in [9.17, 15) is 17.4 Å². The van der Waals surface area contributed by atoms with Gasteiger partial charge in [0.15, 0.2) is 20.8 Å². The number of benzene rings is 2. The number of anilines is 4. The lowest BCUT2D eigenvalue weighted by Gasteiger charge is -2.16. The fourth-order valence-corrected chi connectivity index (χ4v) is 5.25. The number of rotatable bonds is 9. The van der Waals surface area contributed by atoms with Gasteiger partial charge in [-0.2, -0.15) is 4.98 Å². The average molecular weight is 530 g/mol. The zero-order valence-electron chi connectivity index (χ0n) is 18.6. The van der Waals surface area contributed by atoms with Gasteiger partial charge in [-0.3, -0.25) is 4.57 Å². The molecule has 0 aliphatic rings.